The molecule has 0 saturated heterocycles. The van der Waals surface area contributed by atoms with Crippen LogP contribution < -0.4 is 0 Å². The summed E-state index contributed by atoms with van der Waals surface area (Å²) in [6.07, 6.45) is 2.31. The second-order valence-electron chi connectivity index (χ2n) is 6.76. The molecule has 2 aromatic heterocycles. The van der Waals surface area contributed by atoms with Crippen LogP contribution in [0.5, 0.6) is 0 Å². The van der Waals surface area contributed by atoms with Gasteiger partial charge in [0.05, 0.1) is 16.7 Å². The second kappa shape index (κ2) is 7.86. The van der Waals surface area contributed by atoms with Gasteiger partial charge in [-0.1, -0.05) is 48.2 Å². The Labute approximate surface area is 167 Å². The zero-order chi connectivity index (χ0) is 18.8. The third-order valence-electron chi connectivity index (χ3n) is 4.90. The molecule has 5 nitrogen and oxygen atoms in total. The number of thiophene rings is 1. The number of thioether (sulfide) groups is 1. The molecule has 1 fully saturated rings. The minimum atomic E-state index is 0.0438. The van der Waals surface area contributed by atoms with Gasteiger partial charge in [0.1, 0.15) is 0 Å². The predicted octanol–water partition coefficient (Wildman–Crippen LogP) is 4.65. The van der Waals surface area contributed by atoms with E-state index in [-0.39, 0.29) is 11.9 Å². The van der Waals surface area contributed by atoms with Gasteiger partial charge in [-0.3, -0.25) is 9.36 Å². The van der Waals surface area contributed by atoms with Gasteiger partial charge in [-0.2, -0.15) is 0 Å². The summed E-state index contributed by atoms with van der Waals surface area (Å²) in [6, 6.07) is 14.7. The van der Waals surface area contributed by atoms with E-state index in [4.69, 9.17) is 0 Å². The Morgan fingerprint density at radius 2 is 2.04 bits per heavy atom. The van der Waals surface area contributed by atoms with Gasteiger partial charge >= 0.3 is 0 Å². The molecule has 7 heteroatoms. The quantitative estimate of drug-likeness (QED) is 0.544. The van der Waals surface area contributed by atoms with Crippen LogP contribution >= 0.6 is 23.1 Å². The van der Waals surface area contributed by atoms with Crippen LogP contribution in [0, 0.1) is 0 Å². The Morgan fingerprint density at radius 1 is 1.26 bits per heavy atom. The molecule has 4 rings (SSSR count). The lowest BCUT2D eigenvalue weighted by molar-refractivity contribution is -0.128. The first kappa shape index (κ1) is 18.3. The predicted molar refractivity (Wildman–Crippen MR) is 110 cm³/mol. The van der Waals surface area contributed by atoms with Crippen LogP contribution in [0.3, 0.4) is 0 Å². The molecule has 0 bridgehead atoms. The van der Waals surface area contributed by atoms with E-state index in [1.54, 1.807) is 16.2 Å². The third kappa shape index (κ3) is 3.94. The first-order valence-corrected chi connectivity index (χ1v) is 10.9. The molecular formula is C20H22N4OS2. The van der Waals surface area contributed by atoms with E-state index in [0.29, 0.717) is 11.8 Å². The second-order valence-corrected chi connectivity index (χ2v) is 8.65. The number of carbonyl (C=O) groups excluding carboxylic acids is 1. The number of aromatic nitrogens is 3. The summed E-state index contributed by atoms with van der Waals surface area (Å²) in [4.78, 5) is 15.6. The summed E-state index contributed by atoms with van der Waals surface area (Å²) < 4.78 is 2.21. The largest absolute Gasteiger partial charge is 0.338 e. The van der Waals surface area contributed by atoms with Crippen molar-refractivity contribution in [3.63, 3.8) is 0 Å². The van der Waals surface area contributed by atoms with Crippen molar-refractivity contribution in [1.29, 1.82) is 0 Å². The molecular weight excluding hydrogens is 376 g/mol. The Bertz CT molecular complexity index is 903. The number of carbonyl (C=O) groups is 1. The normalized spacial score (nSPS) is 14.9. The number of nitrogens with zero attached hydrogens (tertiary/aromatic N) is 4. The van der Waals surface area contributed by atoms with Gasteiger partial charge < -0.3 is 4.90 Å². The third-order valence-corrected chi connectivity index (χ3v) is 6.69. The minimum Gasteiger partial charge on any atom is -0.338 e. The smallest absolute Gasteiger partial charge is 0.233 e. The molecule has 3 aromatic rings. The number of amides is 1. The number of rotatable bonds is 7. The van der Waals surface area contributed by atoms with E-state index in [1.807, 2.05) is 31.3 Å². The lowest BCUT2D eigenvalue weighted by Gasteiger charge is -2.25. The zero-order valence-electron chi connectivity index (χ0n) is 15.4. The molecule has 1 aromatic carbocycles. The van der Waals surface area contributed by atoms with Crippen molar-refractivity contribution in [3.8, 4) is 10.7 Å². The molecule has 0 aliphatic heterocycles. The van der Waals surface area contributed by atoms with Crippen LogP contribution in [0.4, 0.5) is 0 Å². The van der Waals surface area contributed by atoms with Crippen LogP contribution in [0.25, 0.3) is 10.7 Å². The van der Waals surface area contributed by atoms with Crippen molar-refractivity contribution in [2.75, 3.05) is 12.8 Å². The van der Waals surface area contributed by atoms with Crippen LogP contribution in [-0.4, -0.2) is 38.4 Å². The molecule has 0 unspecified atom stereocenters. The molecule has 0 radical (unpaired) electrons. The molecule has 1 aliphatic carbocycles. The van der Waals surface area contributed by atoms with E-state index in [2.05, 4.69) is 45.3 Å². The van der Waals surface area contributed by atoms with Gasteiger partial charge in [-0.15, -0.1) is 21.5 Å². The Kier molecular flexibility index (Phi) is 5.31. The SMILES string of the molecule is C[C@@H](c1ccccc1)N(C)C(=O)CSc1nnc(-c2cccs2)n1C1CC1. The lowest BCUT2D eigenvalue weighted by atomic mass is 10.1. The van der Waals surface area contributed by atoms with Crippen molar-refractivity contribution in [2.24, 2.45) is 0 Å². The van der Waals surface area contributed by atoms with E-state index in [9.17, 15) is 4.79 Å². The van der Waals surface area contributed by atoms with Gasteiger partial charge in [0.2, 0.25) is 5.91 Å². The lowest BCUT2D eigenvalue weighted by Crippen LogP contribution is -2.31. The number of hydrogen-bond donors (Lipinski definition) is 0. The van der Waals surface area contributed by atoms with Crippen molar-refractivity contribution >= 4 is 29.0 Å². The molecule has 1 atom stereocenters. The summed E-state index contributed by atoms with van der Waals surface area (Å²) in [6.45, 7) is 2.06. The average Bonchev–Trinajstić information content (AvgIpc) is 3.22. The van der Waals surface area contributed by atoms with Gasteiger partial charge in [-0.05, 0) is 36.8 Å². The highest BCUT2D eigenvalue weighted by molar-refractivity contribution is 7.99. The van der Waals surface area contributed by atoms with E-state index in [1.165, 1.54) is 11.8 Å². The molecule has 2 heterocycles. The van der Waals surface area contributed by atoms with Crippen molar-refractivity contribution in [2.45, 2.75) is 37.0 Å². The van der Waals surface area contributed by atoms with Crippen LogP contribution in [0.2, 0.25) is 0 Å². The molecule has 1 amide bonds. The van der Waals surface area contributed by atoms with Crippen LogP contribution in [0.1, 0.15) is 37.4 Å². The van der Waals surface area contributed by atoms with Gasteiger partial charge in [0.15, 0.2) is 11.0 Å². The summed E-state index contributed by atoms with van der Waals surface area (Å²) >= 11 is 3.16. The number of hydrogen-bond acceptors (Lipinski definition) is 5. The van der Waals surface area contributed by atoms with E-state index < -0.39 is 0 Å². The highest BCUT2D eigenvalue weighted by Gasteiger charge is 2.31. The van der Waals surface area contributed by atoms with Crippen molar-refractivity contribution in [3.05, 3.63) is 53.4 Å². The van der Waals surface area contributed by atoms with E-state index >= 15 is 0 Å². The average molecular weight is 399 g/mol. The summed E-state index contributed by atoms with van der Waals surface area (Å²) in [5.74, 6) is 1.39. The molecule has 0 spiro atoms. The Balaban J connectivity index is 1.45. The minimum absolute atomic E-state index is 0.0438. The first-order chi connectivity index (χ1) is 13.1. The van der Waals surface area contributed by atoms with Crippen molar-refractivity contribution < 1.29 is 4.79 Å². The monoisotopic (exact) mass is 398 g/mol. The summed E-state index contributed by atoms with van der Waals surface area (Å²) in [7, 11) is 1.86. The Morgan fingerprint density at radius 3 is 2.70 bits per heavy atom. The van der Waals surface area contributed by atoms with Crippen LogP contribution in [-0.2, 0) is 4.79 Å². The van der Waals surface area contributed by atoms with E-state index in [0.717, 1.165) is 34.3 Å². The maximum atomic E-state index is 12.7. The van der Waals surface area contributed by atoms with Gasteiger partial charge in [-0.25, -0.2) is 0 Å². The fourth-order valence-corrected chi connectivity index (χ4v) is 4.65. The Hall–Kier alpha value is -2.12. The molecule has 0 N–H and O–H groups in total. The molecule has 1 aliphatic rings. The topological polar surface area (TPSA) is 51.0 Å². The summed E-state index contributed by atoms with van der Waals surface area (Å²) in [5.41, 5.74) is 1.14. The fourth-order valence-electron chi connectivity index (χ4n) is 3.01. The van der Waals surface area contributed by atoms with Crippen molar-refractivity contribution in [1.82, 2.24) is 19.7 Å². The maximum absolute atomic E-state index is 12.7. The number of benzene rings is 1. The van der Waals surface area contributed by atoms with Gasteiger partial charge in [0.25, 0.3) is 0 Å². The summed E-state index contributed by atoms with van der Waals surface area (Å²) in [5, 5.41) is 11.7. The highest BCUT2D eigenvalue weighted by atomic mass is 32.2. The molecule has 140 valence electrons. The fraction of sp³-hybridized carbons (Fsp3) is 0.350. The molecule has 27 heavy (non-hydrogen) atoms. The first-order valence-electron chi connectivity index (χ1n) is 9.07. The standard InChI is InChI=1S/C20H22N4OS2/c1-14(15-7-4-3-5-8-15)23(2)18(25)13-27-20-22-21-19(17-9-6-12-26-17)24(20)16-10-11-16/h3-9,12,14,16H,10-11,13H2,1-2H3/t14-/m0/s1. The van der Waals surface area contributed by atoms with Crippen LogP contribution in [0.15, 0.2) is 53.0 Å². The highest BCUT2D eigenvalue weighted by Crippen LogP contribution is 2.41. The van der Waals surface area contributed by atoms with Gasteiger partial charge in [0, 0.05) is 13.1 Å². The maximum Gasteiger partial charge on any atom is 0.233 e. The zero-order valence-corrected chi connectivity index (χ0v) is 17.0. The molecule has 1 saturated carbocycles.